The number of aryl methyl sites for hydroxylation is 1. The SMILES string of the molecule is Cc1cccc(CN2CCN(Cc3ccccc3C#Cc3ccccc3)C[C@@H]2CCO)n1. The second kappa shape index (κ2) is 11.1. The Labute approximate surface area is 191 Å². The number of pyridine rings is 1. The molecule has 1 aliphatic rings. The first kappa shape index (κ1) is 22.2. The first-order valence-electron chi connectivity index (χ1n) is 11.4. The zero-order valence-electron chi connectivity index (χ0n) is 18.7. The lowest BCUT2D eigenvalue weighted by atomic mass is 10.0. The van der Waals surface area contributed by atoms with Crippen LogP contribution in [0.2, 0.25) is 0 Å². The summed E-state index contributed by atoms with van der Waals surface area (Å²) >= 11 is 0. The highest BCUT2D eigenvalue weighted by Crippen LogP contribution is 2.19. The van der Waals surface area contributed by atoms with Crippen molar-refractivity contribution in [2.45, 2.75) is 32.5 Å². The van der Waals surface area contributed by atoms with Gasteiger partial charge in [-0.1, -0.05) is 54.3 Å². The van der Waals surface area contributed by atoms with Crippen molar-refractivity contribution in [1.29, 1.82) is 0 Å². The minimum absolute atomic E-state index is 0.204. The first-order valence-corrected chi connectivity index (χ1v) is 11.4. The number of hydrogen-bond acceptors (Lipinski definition) is 4. The summed E-state index contributed by atoms with van der Waals surface area (Å²) in [5.41, 5.74) is 5.52. The summed E-state index contributed by atoms with van der Waals surface area (Å²) in [7, 11) is 0. The third-order valence-electron chi connectivity index (χ3n) is 5.99. The van der Waals surface area contributed by atoms with E-state index in [1.807, 2.05) is 43.3 Å². The average molecular weight is 426 g/mol. The minimum Gasteiger partial charge on any atom is -0.396 e. The number of rotatable bonds is 6. The fourth-order valence-corrected chi connectivity index (χ4v) is 4.31. The van der Waals surface area contributed by atoms with Crippen LogP contribution >= 0.6 is 0 Å². The molecular weight excluding hydrogens is 394 g/mol. The molecule has 2 aromatic carbocycles. The normalized spacial score (nSPS) is 17.0. The molecule has 0 amide bonds. The monoisotopic (exact) mass is 425 g/mol. The number of aliphatic hydroxyl groups excluding tert-OH is 1. The van der Waals surface area contributed by atoms with Crippen molar-refractivity contribution >= 4 is 0 Å². The van der Waals surface area contributed by atoms with Crippen molar-refractivity contribution in [2.24, 2.45) is 0 Å². The van der Waals surface area contributed by atoms with Crippen molar-refractivity contribution < 1.29 is 5.11 Å². The standard InChI is InChI=1S/C28H31N3O/c1-23-8-7-13-27(29-23)21-31-18-17-30(22-28(31)16-19-32)20-26-12-6-5-11-25(26)15-14-24-9-3-2-4-10-24/h2-13,28,32H,16-22H2,1H3/t28-/m0/s1. The molecule has 0 radical (unpaired) electrons. The molecule has 0 spiro atoms. The highest BCUT2D eigenvalue weighted by atomic mass is 16.3. The summed E-state index contributed by atoms with van der Waals surface area (Å²) in [6, 6.07) is 25.1. The van der Waals surface area contributed by atoms with Crippen molar-refractivity contribution in [2.75, 3.05) is 26.2 Å². The maximum Gasteiger partial charge on any atom is 0.0547 e. The first-order chi connectivity index (χ1) is 15.7. The van der Waals surface area contributed by atoms with E-state index in [0.29, 0.717) is 6.04 Å². The Morgan fingerprint density at radius 1 is 0.906 bits per heavy atom. The van der Waals surface area contributed by atoms with Crippen LogP contribution in [0.3, 0.4) is 0 Å². The highest BCUT2D eigenvalue weighted by molar-refractivity contribution is 5.46. The maximum atomic E-state index is 9.67. The van der Waals surface area contributed by atoms with Gasteiger partial charge < -0.3 is 5.11 Å². The number of hydrogen-bond donors (Lipinski definition) is 1. The summed E-state index contributed by atoms with van der Waals surface area (Å²) in [6.45, 7) is 6.84. The molecule has 4 nitrogen and oxygen atoms in total. The Bertz CT molecular complexity index is 1070. The van der Waals surface area contributed by atoms with Crippen LogP contribution in [0.5, 0.6) is 0 Å². The molecule has 2 heterocycles. The molecule has 0 bridgehead atoms. The average Bonchev–Trinajstić information content (AvgIpc) is 2.81. The summed E-state index contributed by atoms with van der Waals surface area (Å²) < 4.78 is 0. The van der Waals surface area contributed by atoms with Gasteiger partial charge in [0.1, 0.15) is 0 Å². The lowest BCUT2D eigenvalue weighted by molar-refractivity contribution is 0.0491. The van der Waals surface area contributed by atoms with Crippen LogP contribution < -0.4 is 0 Å². The third kappa shape index (κ3) is 6.05. The Morgan fingerprint density at radius 3 is 2.53 bits per heavy atom. The smallest absolute Gasteiger partial charge is 0.0547 e. The molecule has 3 aromatic rings. The maximum absolute atomic E-state index is 9.67. The molecule has 1 saturated heterocycles. The Hall–Kier alpha value is -2.97. The number of nitrogens with zero attached hydrogens (tertiary/aromatic N) is 3. The van der Waals surface area contributed by atoms with Crippen LogP contribution in [-0.2, 0) is 13.1 Å². The molecule has 4 heteroatoms. The summed E-state index contributed by atoms with van der Waals surface area (Å²) in [6.07, 6.45) is 0.776. The van der Waals surface area contributed by atoms with Gasteiger partial charge in [0.05, 0.1) is 5.69 Å². The van der Waals surface area contributed by atoms with Crippen LogP contribution in [0.1, 0.15) is 34.5 Å². The number of aromatic nitrogens is 1. The number of benzene rings is 2. The van der Waals surface area contributed by atoms with Gasteiger partial charge >= 0.3 is 0 Å². The number of piperazine rings is 1. The van der Waals surface area contributed by atoms with Gasteiger partial charge in [0, 0.05) is 62.2 Å². The van der Waals surface area contributed by atoms with Gasteiger partial charge in [-0.25, -0.2) is 0 Å². The summed E-state index contributed by atoms with van der Waals surface area (Å²) in [5.74, 6) is 6.66. The Kier molecular flexibility index (Phi) is 7.68. The molecule has 32 heavy (non-hydrogen) atoms. The van der Waals surface area contributed by atoms with Gasteiger partial charge in [-0.15, -0.1) is 0 Å². The van der Waals surface area contributed by atoms with E-state index in [9.17, 15) is 5.11 Å². The molecule has 1 aliphatic heterocycles. The van der Waals surface area contributed by atoms with Crippen molar-refractivity contribution in [3.63, 3.8) is 0 Å². The van der Waals surface area contributed by atoms with Crippen LogP contribution in [0.4, 0.5) is 0 Å². The largest absolute Gasteiger partial charge is 0.396 e. The topological polar surface area (TPSA) is 39.6 Å². The van der Waals surface area contributed by atoms with E-state index in [2.05, 4.69) is 63.0 Å². The fourth-order valence-electron chi connectivity index (χ4n) is 4.31. The zero-order chi connectivity index (χ0) is 22.2. The van der Waals surface area contributed by atoms with E-state index < -0.39 is 0 Å². The molecule has 1 atom stereocenters. The van der Waals surface area contributed by atoms with Crippen LogP contribution in [0, 0.1) is 18.8 Å². The third-order valence-corrected chi connectivity index (χ3v) is 5.99. The molecule has 1 fully saturated rings. The van der Waals surface area contributed by atoms with Crippen LogP contribution in [-0.4, -0.2) is 52.2 Å². The molecular formula is C28H31N3O. The zero-order valence-corrected chi connectivity index (χ0v) is 18.7. The predicted octanol–water partition coefficient (Wildman–Crippen LogP) is 3.86. The van der Waals surface area contributed by atoms with Gasteiger partial charge in [-0.2, -0.15) is 0 Å². The second-order valence-electron chi connectivity index (χ2n) is 8.42. The lowest BCUT2D eigenvalue weighted by Gasteiger charge is -2.41. The van der Waals surface area contributed by atoms with E-state index >= 15 is 0 Å². The van der Waals surface area contributed by atoms with E-state index in [0.717, 1.165) is 61.7 Å². The molecule has 4 rings (SSSR count). The van der Waals surface area contributed by atoms with Crippen molar-refractivity contribution in [1.82, 2.24) is 14.8 Å². The Balaban J connectivity index is 1.44. The van der Waals surface area contributed by atoms with Crippen LogP contribution in [0.25, 0.3) is 0 Å². The molecule has 1 aromatic heterocycles. The molecule has 0 unspecified atom stereocenters. The number of aliphatic hydroxyl groups is 1. The molecule has 164 valence electrons. The molecule has 0 saturated carbocycles. The quantitative estimate of drug-likeness (QED) is 0.609. The van der Waals surface area contributed by atoms with Gasteiger partial charge in [-0.3, -0.25) is 14.8 Å². The van der Waals surface area contributed by atoms with E-state index in [1.165, 1.54) is 5.56 Å². The van der Waals surface area contributed by atoms with Crippen molar-refractivity contribution in [3.8, 4) is 11.8 Å². The highest BCUT2D eigenvalue weighted by Gasteiger charge is 2.27. The second-order valence-corrected chi connectivity index (χ2v) is 8.42. The molecule has 1 N–H and O–H groups in total. The van der Waals surface area contributed by atoms with E-state index in [4.69, 9.17) is 0 Å². The summed E-state index contributed by atoms with van der Waals surface area (Å²) in [4.78, 5) is 9.63. The van der Waals surface area contributed by atoms with Gasteiger partial charge in [0.2, 0.25) is 0 Å². The van der Waals surface area contributed by atoms with Crippen molar-refractivity contribution in [3.05, 3.63) is 101 Å². The predicted molar refractivity (Wildman–Crippen MR) is 129 cm³/mol. The molecule has 0 aliphatic carbocycles. The Morgan fingerprint density at radius 2 is 1.72 bits per heavy atom. The van der Waals surface area contributed by atoms with E-state index in [-0.39, 0.29) is 6.61 Å². The lowest BCUT2D eigenvalue weighted by Crippen LogP contribution is -2.52. The summed E-state index contributed by atoms with van der Waals surface area (Å²) in [5, 5.41) is 9.67. The van der Waals surface area contributed by atoms with E-state index in [1.54, 1.807) is 0 Å². The van der Waals surface area contributed by atoms with Gasteiger partial charge in [0.25, 0.3) is 0 Å². The van der Waals surface area contributed by atoms with Gasteiger partial charge in [0.15, 0.2) is 0 Å². The fraction of sp³-hybridized carbons (Fsp3) is 0.321. The minimum atomic E-state index is 0.204. The van der Waals surface area contributed by atoms with Gasteiger partial charge in [-0.05, 0) is 49.2 Å². The van der Waals surface area contributed by atoms with Crippen LogP contribution in [0.15, 0.2) is 72.8 Å².